The lowest BCUT2D eigenvalue weighted by molar-refractivity contribution is 0.186. The summed E-state index contributed by atoms with van der Waals surface area (Å²) in [7, 11) is 0. The highest BCUT2D eigenvalue weighted by molar-refractivity contribution is 4.99. The Hall–Kier alpha value is -0.520. The van der Waals surface area contributed by atoms with Gasteiger partial charge in [-0.05, 0) is 44.8 Å². The monoisotopic (exact) mass is 208 g/mol. The minimum absolute atomic E-state index is 0.330. The molecule has 1 aliphatic heterocycles. The third-order valence-electron chi connectivity index (χ3n) is 3.32. The molecule has 0 spiro atoms. The number of hydrogen-bond donors (Lipinski definition) is 1. The fourth-order valence-corrected chi connectivity index (χ4v) is 2.37. The summed E-state index contributed by atoms with van der Waals surface area (Å²) in [6, 6.07) is 0.330. The first-order valence-electron chi connectivity index (χ1n) is 6.22. The van der Waals surface area contributed by atoms with E-state index in [0.717, 1.165) is 32.0 Å². The van der Waals surface area contributed by atoms with E-state index in [2.05, 4.69) is 30.0 Å². The highest BCUT2D eigenvalue weighted by atomic mass is 15.1. The zero-order chi connectivity index (χ0) is 11.1. The molecule has 1 aliphatic rings. The fourth-order valence-electron chi connectivity index (χ4n) is 2.37. The molecule has 1 saturated heterocycles. The molecule has 0 aromatic heterocycles. The molecular formula is C13H24N2. The largest absolute Gasteiger partial charge is 0.316 e. The maximum atomic E-state index is 5.56. The minimum atomic E-state index is 0.330. The molecule has 1 fully saturated rings. The summed E-state index contributed by atoms with van der Waals surface area (Å²) < 4.78 is 0. The van der Waals surface area contributed by atoms with Crippen LogP contribution in [-0.4, -0.2) is 37.1 Å². The van der Waals surface area contributed by atoms with Crippen LogP contribution in [0.5, 0.6) is 0 Å². The Morgan fingerprint density at radius 3 is 2.80 bits per heavy atom. The van der Waals surface area contributed by atoms with Gasteiger partial charge in [0.1, 0.15) is 0 Å². The summed E-state index contributed by atoms with van der Waals surface area (Å²) in [4.78, 5) is 2.44. The van der Waals surface area contributed by atoms with Crippen molar-refractivity contribution in [3.63, 3.8) is 0 Å². The van der Waals surface area contributed by atoms with Gasteiger partial charge in [-0.15, -0.1) is 6.42 Å². The lowest BCUT2D eigenvalue weighted by Gasteiger charge is -2.32. The van der Waals surface area contributed by atoms with E-state index in [0.29, 0.717) is 6.04 Å². The Morgan fingerprint density at radius 2 is 2.33 bits per heavy atom. The second kappa shape index (κ2) is 6.87. The first-order chi connectivity index (χ1) is 7.31. The van der Waals surface area contributed by atoms with Gasteiger partial charge in [-0.3, -0.25) is 4.90 Å². The van der Waals surface area contributed by atoms with Crippen molar-refractivity contribution in [2.75, 3.05) is 26.2 Å². The number of terminal acetylenes is 1. The van der Waals surface area contributed by atoms with E-state index in [9.17, 15) is 0 Å². The molecular weight excluding hydrogens is 184 g/mol. The molecule has 2 atom stereocenters. The lowest BCUT2D eigenvalue weighted by Crippen LogP contribution is -2.42. The molecule has 0 saturated carbocycles. The van der Waals surface area contributed by atoms with Crippen molar-refractivity contribution in [2.24, 2.45) is 5.92 Å². The Balaban J connectivity index is 2.41. The molecule has 0 aliphatic carbocycles. The Labute approximate surface area is 94.4 Å². The van der Waals surface area contributed by atoms with Crippen molar-refractivity contribution in [1.82, 2.24) is 10.2 Å². The van der Waals surface area contributed by atoms with Crippen molar-refractivity contribution in [1.29, 1.82) is 0 Å². The zero-order valence-corrected chi connectivity index (χ0v) is 10.1. The molecule has 2 unspecified atom stereocenters. The lowest BCUT2D eigenvalue weighted by atomic mass is 9.98. The normalized spacial score (nSPS) is 23.7. The third kappa shape index (κ3) is 3.85. The quantitative estimate of drug-likeness (QED) is 0.692. The van der Waals surface area contributed by atoms with Crippen LogP contribution in [0.3, 0.4) is 0 Å². The van der Waals surface area contributed by atoms with Crippen LogP contribution in [0.25, 0.3) is 0 Å². The number of piperidine rings is 1. The second-order valence-electron chi connectivity index (χ2n) is 4.39. The van der Waals surface area contributed by atoms with Gasteiger partial charge in [-0.25, -0.2) is 0 Å². The molecule has 15 heavy (non-hydrogen) atoms. The van der Waals surface area contributed by atoms with Crippen LogP contribution >= 0.6 is 0 Å². The van der Waals surface area contributed by atoms with Crippen LogP contribution in [0.15, 0.2) is 0 Å². The van der Waals surface area contributed by atoms with Crippen molar-refractivity contribution in [2.45, 2.75) is 39.2 Å². The topological polar surface area (TPSA) is 15.3 Å². The standard InChI is InChI=1S/C13H24N2/c1-4-13(5-2)15(6-3)11-12-8-7-9-14-10-12/h1,12-14H,5-11H2,2-3H3. The molecule has 86 valence electrons. The van der Waals surface area contributed by atoms with Crippen LogP contribution in [0, 0.1) is 18.3 Å². The molecule has 1 N–H and O–H groups in total. The Morgan fingerprint density at radius 1 is 1.53 bits per heavy atom. The Bertz CT molecular complexity index is 201. The predicted molar refractivity (Wildman–Crippen MR) is 65.8 cm³/mol. The average Bonchev–Trinajstić information content (AvgIpc) is 2.30. The highest BCUT2D eigenvalue weighted by Crippen LogP contribution is 2.14. The van der Waals surface area contributed by atoms with E-state index in [1.54, 1.807) is 0 Å². The molecule has 0 aromatic rings. The van der Waals surface area contributed by atoms with Gasteiger partial charge >= 0.3 is 0 Å². The van der Waals surface area contributed by atoms with Crippen LogP contribution in [0.4, 0.5) is 0 Å². The summed E-state index contributed by atoms with van der Waals surface area (Å²) in [5.74, 6) is 3.69. The first-order valence-corrected chi connectivity index (χ1v) is 6.22. The number of hydrogen-bond acceptors (Lipinski definition) is 2. The van der Waals surface area contributed by atoms with Crippen LogP contribution in [0.1, 0.15) is 33.1 Å². The van der Waals surface area contributed by atoms with E-state index in [1.165, 1.54) is 19.4 Å². The fraction of sp³-hybridized carbons (Fsp3) is 0.846. The summed E-state index contributed by atoms with van der Waals surface area (Å²) in [6.07, 6.45) is 9.28. The molecule has 0 bridgehead atoms. The summed E-state index contributed by atoms with van der Waals surface area (Å²) >= 11 is 0. The van der Waals surface area contributed by atoms with E-state index in [4.69, 9.17) is 6.42 Å². The van der Waals surface area contributed by atoms with Gasteiger partial charge in [0.15, 0.2) is 0 Å². The molecule has 0 amide bonds. The Kier molecular flexibility index (Phi) is 5.75. The van der Waals surface area contributed by atoms with E-state index >= 15 is 0 Å². The molecule has 0 radical (unpaired) electrons. The van der Waals surface area contributed by atoms with E-state index in [1.807, 2.05) is 0 Å². The minimum Gasteiger partial charge on any atom is -0.316 e. The molecule has 2 heteroatoms. The maximum absolute atomic E-state index is 5.56. The van der Waals surface area contributed by atoms with E-state index in [-0.39, 0.29) is 0 Å². The van der Waals surface area contributed by atoms with Gasteiger partial charge in [-0.2, -0.15) is 0 Å². The summed E-state index contributed by atoms with van der Waals surface area (Å²) in [6.45, 7) is 8.96. The molecule has 2 nitrogen and oxygen atoms in total. The van der Waals surface area contributed by atoms with Crippen molar-refractivity contribution in [3.05, 3.63) is 0 Å². The van der Waals surface area contributed by atoms with Crippen LogP contribution < -0.4 is 5.32 Å². The van der Waals surface area contributed by atoms with Gasteiger partial charge < -0.3 is 5.32 Å². The number of nitrogens with zero attached hydrogens (tertiary/aromatic N) is 1. The van der Waals surface area contributed by atoms with E-state index < -0.39 is 0 Å². The summed E-state index contributed by atoms with van der Waals surface area (Å²) in [5, 5.41) is 3.46. The predicted octanol–water partition coefficient (Wildman–Crippen LogP) is 1.72. The average molecular weight is 208 g/mol. The SMILES string of the molecule is C#CC(CC)N(CC)CC1CCCNC1. The zero-order valence-electron chi connectivity index (χ0n) is 10.1. The van der Waals surface area contributed by atoms with Crippen LogP contribution in [-0.2, 0) is 0 Å². The van der Waals surface area contributed by atoms with Gasteiger partial charge in [0.25, 0.3) is 0 Å². The first kappa shape index (κ1) is 12.5. The second-order valence-corrected chi connectivity index (χ2v) is 4.39. The summed E-state index contributed by atoms with van der Waals surface area (Å²) in [5.41, 5.74) is 0. The number of rotatable bonds is 5. The van der Waals surface area contributed by atoms with Crippen molar-refractivity contribution >= 4 is 0 Å². The highest BCUT2D eigenvalue weighted by Gasteiger charge is 2.19. The number of nitrogens with one attached hydrogen (secondary N) is 1. The van der Waals surface area contributed by atoms with Crippen molar-refractivity contribution in [3.8, 4) is 12.3 Å². The van der Waals surface area contributed by atoms with Gasteiger partial charge in [-0.1, -0.05) is 19.8 Å². The smallest absolute Gasteiger partial charge is 0.0709 e. The van der Waals surface area contributed by atoms with Crippen molar-refractivity contribution < 1.29 is 0 Å². The van der Waals surface area contributed by atoms with Gasteiger partial charge in [0.05, 0.1) is 6.04 Å². The van der Waals surface area contributed by atoms with Gasteiger partial charge in [0, 0.05) is 6.54 Å². The third-order valence-corrected chi connectivity index (χ3v) is 3.32. The molecule has 1 rings (SSSR count). The molecule has 1 heterocycles. The molecule has 0 aromatic carbocycles. The van der Waals surface area contributed by atoms with Gasteiger partial charge in [0.2, 0.25) is 0 Å². The van der Waals surface area contributed by atoms with Crippen LogP contribution in [0.2, 0.25) is 0 Å². The maximum Gasteiger partial charge on any atom is 0.0709 e.